The molecule has 0 aromatic carbocycles. The molecule has 0 saturated heterocycles. The van der Waals surface area contributed by atoms with E-state index in [4.69, 9.17) is 11.5 Å². The van der Waals surface area contributed by atoms with Crippen molar-refractivity contribution in [3.63, 3.8) is 0 Å². The normalized spacial score (nSPS) is 15.9. The fourth-order valence-corrected chi connectivity index (χ4v) is 6.05. The second-order valence-corrected chi connectivity index (χ2v) is 15.0. The Morgan fingerprint density at radius 2 is 1.07 bits per heavy atom. The minimum absolute atomic E-state index is 0.175. The molecule has 0 amide bonds. The van der Waals surface area contributed by atoms with Crippen molar-refractivity contribution in [1.82, 2.24) is 0 Å². The molecule has 0 spiro atoms. The van der Waals surface area contributed by atoms with Crippen LogP contribution in [0.3, 0.4) is 0 Å². The van der Waals surface area contributed by atoms with Gasteiger partial charge in [-0.15, -0.1) is 6.42 Å². The van der Waals surface area contributed by atoms with Crippen LogP contribution >= 0.6 is 0 Å². The first-order chi connectivity index (χ1) is 28.3. The molecule has 9 atom stereocenters. The van der Waals surface area contributed by atoms with Gasteiger partial charge in [0.05, 0.1) is 24.4 Å². The summed E-state index contributed by atoms with van der Waals surface area (Å²) in [5.41, 5.74) is 0. The van der Waals surface area contributed by atoms with Gasteiger partial charge in [-0.25, -0.2) is 4.79 Å². The molecule has 9 unspecified atom stereocenters. The zero-order chi connectivity index (χ0) is 44.1. The third-order valence-electron chi connectivity index (χ3n) is 9.64. The van der Waals surface area contributed by atoms with Crippen molar-refractivity contribution < 1.29 is 60.7 Å². The molecule has 0 aromatic rings. The summed E-state index contributed by atoms with van der Waals surface area (Å²) in [6.45, 7) is 0. The predicted molar refractivity (Wildman–Crippen MR) is 228 cm³/mol. The van der Waals surface area contributed by atoms with Gasteiger partial charge in [0, 0.05) is 25.2 Å². The Hall–Kier alpha value is -3.50. The minimum Gasteiger partial charge on any atom is -0.472 e. The number of aliphatic carboxylic acids is 1. The summed E-state index contributed by atoms with van der Waals surface area (Å²) in [4.78, 5) is 22.6. The summed E-state index contributed by atoms with van der Waals surface area (Å²) < 4.78 is 0. The van der Waals surface area contributed by atoms with Crippen molar-refractivity contribution in [1.29, 1.82) is 0 Å². The first-order valence-corrected chi connectivity index (χ1v) is 21.5. The summed E-state index contributed by atoms with van der Waals surface area (Å²) in [6, 6.07) is 0. The number of hydrogen-bond acceptors (Lipinski definition) is 11. The number of carbonyl (C=O) groups is 2. The lowest BCUT2D eigenvalue weighted by molar-refractivity contribution is -0.130. The zero-order valence-electron chi connectivity index (χ0n) is 34.8. The second-order valence-electron chi connectivity index (χ2n) is 15.0. The molecule has 0 aromatic heterocycles. The number of hydrogen-bond donors (Lipinski definition) is 10. The highest BCUT2D eigenvalue weighted by Crippen LogP contribution is 2.16. The predicted octanol–water partition coefficient (Wildman–Crippen LogP) is 4.01. The first kappa shape index (κ1) is 55.5. The number of terminal acetylenes is 1. The van der Waals surface area contributed by atoms with Crippen LogP contribution in [0.2, 0.25) is 0 Å². The van der Waals surface area contributed by atoms with Crippen molar-refractivity contribution in [2.75, 3.05) is 0 Å². The molecule has 0 aliphatic heterocycles. The Balaban J connectivity index is 3.78. The number of unbranched alkanes of at least 4 members (excludes halogenated alkanes) is 14. The van der Waals surface area contributed by atoms with Crippen LogP contribution in [-0.4, -0.2) is 118 Å². The van der Waals surface area contributed by atoms with Gasteiger partial charge in [0.1, 0.15) is 30.2 Å². The molecule has 0 bridgehead atoms. The van der Waals surface area contributed by atoms with Crippen molar-refractivity contribution in [3.05, 3.63) is 24.3 Å². The van der Waals surface area contributed by atoms with E-state index in [1.807, 2.05) is 12.0 Å². The van der Waals surface area contributed by atoms with Gasteiger partial charge < -0.3 is 51.1 Å². The topological polar surface area (TPSA) is 236 Å². The van der Waals surface area contributed by atoms with Gasteiger partial charge in [0.15, 0.2) is 6.10 Å². The van der Waals surface area contributed by atoms with Crippen molar-refractivity contribution >= 4 is 11.8 Å². The number of ketones is 1. The zero-order valence-corrected chi connectivity index (χ0v) is 34.8. The third kappa shape index (κ3) is 35.0. The van der Waals surface area contributed by atoms with E-state index in [2.05, 4.69) is 29.6 Å². The summed E-state index contributed by atoms with van der Waals surface area (Å²) in [6.07, 6.45) is 20.1. The summed E-state index contributed by atoms with van der Waals surface area (Å²) in [5.74, 6) is 14.9. The number of carboxylic acids is 1. The smallest absolute Gasteiger partial charge is 0.381 e. The Labute approximate surface area is 352 Å². The standard InChI is InChI=1S/C47H72O12/c1-2-37(48)31-32-41(52)28-22-30-42(53)43(54)34-33-40(51)27-20-15-19-26-39(50)25-18-13-10-12-17-24-38(49)23-16-11-8-6-4-3-5-7-9-14-21-29-44(55)47(59)45(56)35-36-46(57)58/h1,18,25,31-32,37,39-45,47-48,50-56,59H,3-17,19,21-24,26,28-30H2,(H,57,58)/b25-18+,32-31+. The quantitative estimate of drug-likeness (QED) is 0.0257. The molecule has 0 radical (unpaired) electrons. The maximum atomic E-state index is 12.2. The van der Waals surface area contributed by atoms with Crippen molar-refractivity contribution in [3.8, 4) is 47.9 Å². The van der Waals surface area contributed by atoms with Crippen LogP contribution in [0.5, 0.6) is 0 Å². The largest absolute Gasteiger partial charge is 0.472 e. The highest BCUT2D eigenvalue weighted by Gasteiger charge is 2.23. The highest BCUT2D eigenvalue weighted by atomic mass is 16.4. The summed E-state index contributed by atoms with van der Waals surface area (Å²) in [5, 5.41) is 97.1. The molecule has 10 N–H and O–H groups in total. The molecule has 0 rings (SSSR count). The van der Waals surface area contributed by atoms with Gasteiger partial charge in [0.2, 0.25) is 0 Å². The number of aliphatic hydroxyl groups excluding tert-OH is 9. The lowest BCUT2D eigenvalue weighted by Gasteiger charge is -2.19. The van der Waals surface area contributed by atoms with E-state index in [1.165, 1.54) is 31.4 Å². The van der Waals surface area contributed by atoms with Crippen molar-refractivity contribution in [2.45, 2.75) is 209 Å². The lowest BCUT2D eigenvalue weighted by atomic mass is 10.0. The second kappa shape index (κ2) is 37.5. The van der Waals surface area contributed by atoms with E-state index in [0.717, 1.165) is 70.6 Å². The maximum Gasteiger partial charge on any atom is 0.381 e. The molecular formula is C47H72O12. The molecular weight excluding hydrogens is 757 g/mol. The Morgan fingerprint density at radius 3 is 1.68 bits per heavy atom. The number of rotatable bonds is 33. The van der Waals surface area contributed by atoms with E-state index >= 15 is 0 Å². The SMILES string of the molecule is C#CC(O)/C=C/C(O)CCCC(O)C(O)C#CC(O)C#CCCCC(O)/C=C/CCCCCC(=O)CCCCCCCCCCCCCC(O)C(O)C(O)C#CC(=O)O. The third-order valence-corrected chi connectivity index (χ3v) is 9.64. The molecule has 12 heteroatoms. The maximum absolute atomic E-state index is 12.2. The van der Waals surface area contributed by atoms with Crippen LogP contribution in [0, 0.1) is 47.9 Å². The van der Waals surface area contributed by atoms with Crippen LogP contribution in [0.25, 0.3) is 0 Å². The van der Waals surface area contributed by atoms with Crippen LogP contribution in [0.1, 0.15) is 154 Å². The monoisotopic (exact) mass is 829 g/mol. The number of carbonyl (C=O) groups excluding carboxylic acids is 1. The molecule has 332 valence electrons. The van der Waals surface area contributed by atoms with Crippen LogP contribution < -0.4 is 0 Å². The van der Waals surface area contributed by atoms with Gasteiger partial charge in [-0.3, -0.25) is 4.79 Å². The Bertz CT molecular complexity index is 1400. The van der Waals surface area contributed by atoms with Gasteiger partial charge >= 0.3 is 5.97 Å². The Morgan fingerprint density at radius 1 is 0.525 bits per heavy atom. The molecule has 0 saturated carbocycles. The highest BCUT2D eigenvalue weighted by molar-refractivity contribution is 5.86. The van der Waals surface area contributed by atoms with E-state index in [0.29, 0.717) is 63.6 Å². The van der Waals surface area contributed by atoms with Gasteiger partial charge in [-0.2, -0.15) is 0 Å². The Kier molecular flexibility index (Phi) is 35.3. The number of carboxylic acid groups (broad SMARTS) is 1. The minimum atomic E-state index is -1.59. The van der Waals surface area contributed by atoms with Crippen LogP contribution in [-0.2, 0) is 9.59 Å². The van der Waals surface area contributed by atoms with Gasteiger partial charge in [0.25, 0.3) is 0 Å². The van der Waals surface area contributed by atoms with Crippen LogP contribution in [0.4, 0.5) is 0 Å². The first-order valence-electron chi connectivity index (χ1n) is 21.5. The number of aliphatic hydroxyl groups is 9. The fourth-order valence-electron chi connectivity index (χ4n) is 6.05. The average Bonchev–Trinajstić information content (AvgIpc) is 3.21. The fraction of sp³-hybridized carbons (Fsp3) is 0.702. The number of Topliss-reactive ketones (excluding diaryl/α,β-unsaturated/α-hetero) is 1. The molecule has 59 heavy (non-hydrogen) atoms. The van der Waals surface area contributed by atoms with Crippen molar-refractivity contribution in [2.24, 2.45) is 0 Å². The van der Waals surface area contributed by atoms with E-state index in [1.54, 1.807) is 12.0 Å². The molecule has 0 aliphatic carbocycles. The molecule has 0 aliphatic rings. The van der Waals surface area contributed by atoms with Gasteiger partial charge in [-0.1, -0.05) is 124 Å². The summed E-state index contributed by atoms with van der Waals surface area (Å²) >= 11 is 0. The summed E-state index contributed by atoms with van der Waals surface area (Å²) in [7, 11) is 0. The van der Waals surface area contributed by atoms with Gasteiger partial charge in [-0.05, 0) is 70.3 Å². The lowest BCUT2D eigenvalue weighted by Crippen LogP contribution is -2.36. The molecule has 0 heterocycles. The van der Waals surface area contributed by atoms with E-state index in [9.17, 15) is 55.5 Å². The number of allylic oxidation sites excluding steroid dienone is 1. The molecule has 0 fully saturated rings. The average molecular weight is 829 g/mol. The van der Waals surface area contributed by atoms with E-state index in [-0.39, 0.29) is 6.42 Å². The molecule has 12 nitrogen and oxygen atoms in total. The van der Waals surface area contributed by atoms with Crippen LogP contribution in [0.15, 0.2) is 24.3 Å². The van der Waals surface area contributed by atoms with E-state index < -0.39 is 60.9 Å².